The van der Waals surface area contributed by atoms with E-state index in [0.717, 1.165) is 32.2 Å². The SMILES string of the molecule is CCNC1CCC(N(C)S(=O)(=O)NCC)CC1. The van der Waals surface area contributed by atoms with Crippen molar-refractivity contribution >= 4 is 10.2 Å². The molecule has 0 aromatic carbocycles. The van der Waals surface area contributed by atoms with Crippen molar-refractivity contribution < 1.29 is 8.42 Å². The molecular weight excluding hydrogens is 238 g/mol. The molecule has 0 unspecified atom stereocenters. The molecule has 17 heavy (non-hydrogen) atoms. The fraction of sp³-hybridized carbons (Fsp3) is 1.00. The topological polar surface area (TPSA) is 61.4 Å². The van der Waals surface area contributed by atoms with Crippen LogP contribution < -0.4 is 10.0 Å². The molecule has 1 rings (SSSR count). The zero-order valence-electron chi connectivity index (χ0n) is 11.1. The summed E-state index contributed by atoms with van der Waals surface area (Å²) in [5.74, 6) is 0. The monoisotopic (exact) mass is 263 g/mol. The average molecular weight is 263 g/mol. The van der Waals surface area contributed by atoms with Crippen LogP contribution >= 0.6 is 0 Å². The zero-order chi connectivity index (χ0) is 12.9. The average Bonchev–Trinajstić information content (AvgIpc) is 2.29. The molecule has 1 aliphatic carbocycles. The van der Waals surface area contributed by atoms with Crippen LogP contribution in [0.1, 0.15) is 39.5 Å². The largest absolute Gasteiger partial charge is 0.314 e. The van der Waals surface area contributed by atoms with Gasteiger partial charge in [-0.25, -0.2) is 4.72 Å². The lowest BCUT2D eigenvalue weighted by Crippen LogP contribution is -2.47. The van der Waals surface area contributed by atoms with Crippen LogP contribution in [0.2, 0.25) is 0 Å². The highest BCUT2D eigenvalue weighted by molar-refractivity contribution is 7.87. The molecule has 0 spiro atoms. The van der Waals surface area contributed by atoms with E-state index in [2.05, 4.69) is 17.0 Å². The summed E-state index contributed by atoms with van der Waals surface area (Å²) in [6.45, 7) is 5.33. The number of nitrogens with zero attached hydrogens (tertiary/aromatic N) is 1. The highest BCUT2D eigenvalue weighted by Crippen LogP contribution is 2.23. The second-order valence-electron chi connectivity index (χ2n) is 4.58. The second kappa shape index (κ2) is 6.68. The first-order valence-corrected chi connectivity index (χ1v) is 7.91. The summed E-state index contributed by atoms with van der Waals surface area (Å²) in [7, 11) is -1.60. The van der Waals surface area contributed by atoms with Crippen LogP contribution in [-0.4, -0.2) is 44.9 Å². The molecule has 1 saturated carbocycles. The van der Waals surface area contributed by atoms with Crippen molar-refractivity contribution in [3.05, 3.63) is 0 Å². The van der Waals surface area contributed by atoms with E-state index < -0.39 is 10.2 Å². The van der Waals surface area contributed by atoms with Crippen LogP contribution in [0.4, 0.5) is 0 Å². The van der Waals surface area contributed by atoms with Crippen molar-refractivity contribution in [1.29, 1.82) is 0 Å². The number of hydrogen-bond donors (Lipinski definition) is 2. The minimum Gasteiger partial charge on any atom is -0.314 e. The van der Waals surface area contributed by atoms with Gasteiger partial charge >= 0.3 is 0 Å². The van der Waals surface area contributed by atoms with Gasteiger partial charge < -0.3 is 5.32 Å². The molecule has 0 heterocycles. The highest BCUT2D eigenvalue weighted by atomic mass is 32.2. The molecular formula is C11H25N3O2S. The highest BCUT2D eigenvalue weighted by Gasteiger charge is 2.29. The maximum Gasteiger partial charge on any atom is 0.279 e. The molecule has 0 aromatic rings. The molecule has 0 aromatic heterocycles. The molecule has 0 aliphatic heterocycles. The molecule has 6 heteroatoms. The summed E-state index contributed by atoms with van der Waals surface area (Å²) < 4.78 is 27.7. The van der Waals surface area contributed by atoms with Gasteiger partial charge in [0.1, 0.15) is 0 Å². The molecule has 1 fully saturated rings. The van der Waals surface area contributed by atoms with Gasteiger partial charge in [0.2, 0.25) is 0 Å². The Bertz CT molecular complexity index is 311. The van der Waals surface area contributed by atoms with Gasteiger partial charge in [-0.05, 0) is 32.2 Å². The standard InChI is InChI=1S/C11H25N3O2S/c1-4-12-10-6-8-11(9-7-10)14(3)17(15,16)13-5-2/h10-13H,4-9H2,1-3H3. The van der Waals surface area contributed by atoms with Gasteiger partial charge in [-0.15, -0.1) is 0 Å². The van der Waals surface area contributed by atoms with Gasteiger partial charge in [-0.2, -0.15) is 12.7 Å². The summed E-state index contributed by atoms with van der Waals surface area (Å²) in [6.07, 6.45) is 4.01. The fourth-order valence-electron chi connectivity index (χ4n) is 2.41. The summed E-state index contributed by atoms with van der Waals surface area (Å²) in [5.41, 5.74) is 0. The predicted octanol–water partition coefficient (Wildman–Crippen LogP) is 0.693. The molecule has 1 aliphatic rings. The minimum absolute atomic E-state index is 0.147. The van der Waals surface area contributed by atoms with E-state index in [9.17, 15) is 8.42 Å². The van der Waals surface area contributed by atoms with Crippen molar-refractivity contribution in [1.82, 2.24) is 14.3 Å². The first kappa shape index (κ1) is 14.9. The minimum atomic E-state index is -3.28. The Kier molecular flexibility index (Phi) is 5.85. The Morgan fingerprint density at radius 1 is 1.12 bits per heavy atom. The van der Waals surface area contributed by atoms with Crippen LogP contribution in [0.5, 0.6) is 0 Å². The molecule has 0 saturated heterocycles. The lowest BCUT2D eigenvalue weighted by molar-refractivity contribution is 0.249. The van der Waals surface area contributed by atoms with Crippen LogP contribution in [0.3, 0.4) is 0 Å². The normalized spacial score (nSPS) is 26.4. The van der Waals surface area contributed by atoms with E-state index in [4.69, 9.17) is 0 Å². The van der Waals surface area contributed by atoms with Crippen molar-refractivity contribution in [3.8, 4) is 0 Å². The summed E-state index contributed by atoms with van der Waals surface area (Å²) in [6, 6.07) is 0.709. The molecule has 0 radical (unpaired) electrons. The van der Waals surface area contributed by atoms with Gasteiger partial charge in [0.05, 0.1) is 0 Å². The maximum absolute atomic E-state index is 11.8. The van der Waals surface area contributed by atoms with Crippen LogP contribution in [0.15, 0.2) is 0 Å². The molecule has 5 nitrogen and oxygen atoms in total. The summed E-state index contributed by atoms with van der Waals surface area (Å²) in [5, 5.41) is 3.42. The third kappa shape index (κ3) is 4.21. The molecule has 102 valence electrons. The summed E-state index contributed by atoms with van der Waals surface area (Å²) in [4.78, 5) is 0. The van der Waals surface area contributed by atoms with Gasteiger partial charge in [-0.1, -0.05) is 13.8 Å². The van der Waals surface area contributed by atoms with Crippen molar-refractivity contribution in [3.63, 3.8) is 0 Å². The van der Waals surface area contributed by atoms with Crippen LogP contribution in [-0.2, 0) is 10.2 Å². The van der Waals surface area contributed by atoms with E-state index in [1.54, 1.807) is 14.0 Å². The van der Waals surface area contributed by atoms with Crippen LogP contribution in [0, 0.1) is 0 Å². The van der Waals surface area contributed by atoms with Crippen LogP contribution in [0.25, 0.3) is 0 Å². The van der Waals surface area contributed by atoms with E-state index in [0.29, 0.717) is 12.6 Å². The van der Waals surface area contributed by atoms with Crippen molar-refractivity contribution in [2.75, 3.05) is 20.1 Å². The van der Waals surface area contributed by atoms with Gasteiger partial charge in [0.15, 0.2) is 0 Å². The Hall–Kier alpha value is -0.170. The first-order valence-electron chi connectivity index (χ1n) is 6.47. The molecule has 0 bridgehead atoms. The zero-order valence-corrected chi connectivity index (χ0v) is 11.9. The van der Waals surface area contributed by atoms with E-state index in [1.807, 2.05) is 0 Å². The van der Waals surface area contributed by atoms with Gasteiger partial charge in [0.25, 0.3) is 10.2 Å². The molecule has 0 amide bonds. The fourth-order valence-corrected chi connectivity index (χ4v) is 3.58. The van der Waals surface area contributed by atoms with E-state index in [1.165, 1.54) is 4.31 Å². The number of nitrogens with one attached hydrogen (secondary N) is 2. The third-order valence-electron chi connectivity index (χ3n) is 3.41. The predicted molar refractivity (Wildman–Crippen MR) is 70.1 cm³/mol. The Balaban J connectivity index is 2.48. The van der Waals surface area contributed by atoms with Crippen molar-refractivity contribution in [2.45, 2.75) is 51.6 Å². The lowest BCUT2D eigenvalue weighted by Gasteiger charge is -2.34. The van der Waals surface area contributed by atoms with E-state index in [-0.39, 0.29) is 6.04 Å². The Morgan fingerprint density at radius 3 is 2.18 bits per heavy atom. The Labute approximate surface area is 105 Å². The molecule has 2 N–H and O–H groups in total. The first-order chi connectivity index (χ1) is 8.01. The summed E-state index contributed by atoms with van der Waals surface area (Å²) >= 11 is 0. The van der Waals surface area contributed by atoms with Crippen molar-refractivity contribution in [2.24, 2.45) is 0 Å². The third-order valence-corrected chi connectivity index (χ3v) is 5.12. The molecule has 0 atom stereocenters. The van der Waals surface area contributed by atoms with E-state index >= 15 is 0 Å². The number of hydrogen-bond acceptors (Lipinski definition) is 3. The smallest absolute Gasteiger partial charge is 0.279 e. The lowest BCUT2D eigenvalue weighted by atomic mass is 9.91. The van der Waals surface area contributed by atoms with Gasteiger partial charge in [0, 0.05) is 25.7 Å². The Morgan fingerprint density at radius 2 is 1.71 bits per heavy atom. The quantitative estimate of drug-likeness (QED) is 0.741. The number of rotatable bonds is 6. The second-order valence-corrected chi connectivity index (χ2v) is 6.40. The maximum atomic E-state index is 11.8. The van der Waals surface area contributed by atoms with Gasteiger partial charge in [-0.3, -0.25) is 0 Å².